The van der Waals surface area contributed by atoms with E-state index in [1.807, 2.05) is 21.6 Å². The van der Waals surface area contributed by atoms with Gasteiger partial charge in [0.1, 0.15) is 13.2 Å². The molecule has 1 unspecified atom stereocenters. The number of nitrogens with zero attached hydrogens (tertiary/aromatic N) is 1. The van der Waals surface area contributed by atoms with Gasteiger partial charge in [-0.15, -0.1) is 0 Å². The average Bonchev–Trinajstić information content (AvgIpc) is 3.17. The minimum Gasteiger partial charge on any atom is -0.461 e. The first-order chi connectivity index (χ1) is 27.8. The van der Waals surface area contributed by atoms with Crippen molar-refractivity contribution < 1.29 is 23.5 Å². The highest BCUT2D eigenvalue weighted by molar-refractivity contribution is 8.77. The molecule has 0 aromatic rings. The molecule has 0 rings (SSSR count). The van der Waals surface area contributed by atoms with E-state index in [1.165, 1.54) is 205 Å². The van der Waals surface area contributed by atoms with Crippen molar-refractivity contribution in [1.29, 1.82) is 0 Å². The quantitative estimate of drug-likeness (QED) is 0.0259. The van der Waals surface area contributed by atoms with Crippen molar-refractivity contribution in [3.05, 3.63) is 0 Å². The number of carbonyl (C=O) groups excluding carboxylic acids is 2. The topological polar surface area (TPSA) is 52.6 Å². The summed E-state index contributed by atoms with van der Waals surface area (Å²) < 4.78 is 12.0. The van der Waals surface area contributed by atoms with E-state index < -0.39 is 6.10 Å². The Balaban J connectivity index is 3.69. The molecule has 340 valence electrons. The normalized spacial score (nSPS) is 12.3. The third-order valence-electron chi connectivity index (χ3n) is 10.6. The molecule has 0 aliphatic heterocycles. The SMILES string of the molecule is CCCCCCCCCCCCCCCCCCSSCCC(=O)OCC(C[N+](C)(C)C)OC(=O)CCSSCCCCCCCCCCCCCCCCCC. The Kier molecular flexibility index (Phi) is 46.1. The lowest BCUT2D eigenvalue weighted by atomic mass is 10.0. The number of unbranched alkanes of at least 4 members (excludes halogenated alkanes) is 30. The van der Waals surface area contributed by atoms with Crippen LogP contribution in [0.5, 0.6) is 0 Å². The number of rotatable bonds is 47. The molecule has 0 aliphatic rings. The van der Waals surface area contributed by atoms with Crippen LogP contribution >= 0.6 is 43.2 Å². The van der Waals surface area contributed by atoms with Crippen LogP contribution in [0.25, 0.3) is 0 Å². The number of esters is 2. The summed E-state index contributed by atoms with van der Waals surface area (Å²) in [5.41, 5.74) is 0. The number of hydrogen-bond donors (Lipinski definition) is 0. The molecule has 9 heteroatoms. The van der Waals surface area contributed by atoms with Gasteiger partial charge in [-0.25, -0.2) is 0 Å². The number of likely N-dealkylation sites (N-methyl/N-ethyl adjacent to an activating group) is 1. The van der Waals surface area contributed by atoms with Crippen molar-refractivity contribution in [2.24, 2.45) is 0 Å². The van der Waals surface area contributed by atoms with Crippen LogP contribution in [0.1, 0.15) is 232 Å². The predicted octanol–water partition coefficient (Wildman–Crippen LogP) is 16.2. The fourth-order valence-electron chi connectivity index (χ4n) is 7.14. The summed E-state index contributed by atoms with van der Waals surface area (Å²) >= 11 is 0. The van der Waals surface area contributed by atoms with Crippen LogP contribution in [0.3, 0.4) is 0 Å². The maximum Gasteiger partial charge on any atom is 0.307 e. The van der Waals surface area contributed by atoms with E-state index in [2.05, 4.69) is 35.0 Å². The third-order valence-corrected chi connectivity index (χ3v) is 15.6. The number of carbonyl (C=O) groups is 2. The Bertz CT molecular complexity index is 844. The first-order valence-electron chi connectivity index (χ1n) is 24.4. The molecule has 1 atom stereocenters. The van der Waals surface area contributed by atoms with E-state index in [4.69, 9.17) is 9.47 Å². The molecule has 5 nitrogen and oxygen atoms in total. The molecule has 0 saturated carbocycles. The van der Waals surface area contributed by atoms with E-state index in [-0.39, 0.29) is 18.5 Å². The number of hydrogen-bond acceptors (Lipinski definition) is 8. The van der Waals surface area contributed by atoms with E-state index in [1.54, 1.807) is 21.6 Å². The van der Waals surface area contributed by atoms with Gasteiger partial charge in [0.2, 0.25) is 0 Å². The van der Waals surface area contributed by atoms with Crippen molar-refractivity contribution >= 4 is 55.1 Å². The van der Waals surface area contributed by atoms with E-state index in [0.29, 0.717) is 23.9 Å². The lowest BCUT2D eigenvalue weighted by Crippen LogP contribution is -2.45. The van der Waals surface area contributed by atoms with Gasteiger partial charge in [0.15, 0.2) is 6.10 Å². The van der Waals surface area contributed by atoms with E-state index in [0.717, 1.165) is 23.0 Å². The van der Waals surface area contributed by atoms with Crippen molar-refractivity contribution in [1.82, 2.24) is 0 Å². The standard InChI is InChI=1S/C48H96NO4S4/c1-6-8-10-12-14-16-18-20-22-24-26-28-30-32-34-36-40-54-56-42-38-47(50)52-45-46(44-49(3,4)5)53-48(51)39-43-57-55-41-37-35-33-31-29-27-25-23-21-19-17-15-13-11-9-7-2/h46H,6-45H2,1-5H3/q+1. The molecule has 0 saturated heterocycles. The van der Waals surface area contributed by atoms with Gasteiger partial charge in [-0.2, -0.15) is 0 Å². The van der Waals surface area contributed by atoms with Crippen LogP contribution in [-0.2, 0) is 19.1 Å². The Hall–Kier alpha value is 0.300. The van der Waals surface area contributed by atoms with Gasteiger partial charge in [-0.1, -0.05) is 250 Å². The second-order valence-corrected chi connectivity index (χ2v) is 23.1. The molecule has 0 amide bonds. The molecule has 0 aliphatic carbocycles. The van der Waals surface area contributed by atoms with Gasteiger partial charge < -0.3 is 14.0 Å². The summed E-state index contributed by atoms with van der Waals surface area (Å²) in [6.07, 6.45) is 45.1. The van der Waals surface area contributed by atoms with Gasteiger partial charge in [-0.05, 0) is 12.8 Å². The molecule has 0 heterocycles. The highest BCUT2D eigenvalue weighted by Crippen LogP contribution is 2.25. The largest absolute Gasteiger partial charge is 0.461 e. The van der Waals surface area contributed by atoms with Gasteiger partial charge in [0.05, 0.1) is 34.0 Å². The Labute approximate surface area is 372 Å². The molecular weight excluding hydrogens is 783 g/mol. The van der Waals surface area contributed by atoms with Crippen molar-refractivity contribution in [2.75, 3.05) is 57.3 Å². The van der Waals surface area contributed by atoms with Gasteiger partial charge in [0, 0.05) is 23.0 Å². The molecule has 0 bridgehead atoms. The fourth-order valence-corrected chi connectivity index (χ4v) is 11.4. The molecule has 0 spiro atoms. The zero-order valence-corrected chi connectivity index (χ0v) is 41.8. The maximum absolute atomic E-state index is 12.6. The lowest BCUT2D eigenvalue weighted by molar-refractivity contribution is -0.873. The Morgan fingerprint density at radius 2 is 0.684 bits per heavy atom. The van der Waals surface area contributed by atoms with Crippen LogP contribution in [0.4, 0.5) is 0 Å². The molecular formula is C48H96NO4S4+. The smallest absolute Gasteiger partial charge is 0.307 e. The van der Waals surface area contributed by atoms with Crippen LogP contribution in [0, 0.1) is 0 Å². The second kappa shape index (κ2) is 45.8. The van der Waals surface area contributed by atoms with Crippen LogP contribution in [-0.4, -0.2) is 79.8 Å². The van der Waals surface area contributed by atoms with E-state index in [9.17, 15) is 9.59 Å². The zero-order valence-electron chi connectivity index (χ0n) is 38.6. The van der Waals surface area contributed by atoms with Crippen LogP contribution < -0.4 is 0 Å². The van der Waals surface area contributed by atoms with Gasteiger partial charge in [-0.3, -0.25) is 9.59 Å². The summed E-state index contributed by atoms with van der Waals surface area (Å²) in [6, 6.07) is 0. The molecule has 0 aromatic heterocycles. The second-order valence-electron chi connectivity index (χ2n) is 17.7. The molecule has 0 fully saturated rings. The average molecular weight is 880 g/mol. The minimum absolute atomic E-state index is 0.137. The summed E-state index contributed by atoms with van der Waals surface area (Å²) in [5, 5.41) is 0. The first kappa shape index (κ1) is 57.3. The summed E-state index contributed by atoms with van der Waals surface area (Å²) in [6.45, 7) is 5.33. The summed E-state index contributed by atoms with van der Waals surface area (Å²) in [4.78, 5) is 25.1. The van der Waals surface area contributed by atoms with Crippen molar-refractivity contribution in [3.8, 4) is 0 Å². The highest BCUT2D eigenvalue weighted by Gasteiger charge is 2.24. The number of ether oxygens (including phenoxy) is 2. The van der Waals surface area contributed by atoms with Crippen molar-refractivity contribution in [3.63, 3.8) is 0 Å². The van der Waals surface area contributed by atoms with Gasteiger partial charge in [0.25, 0.3) is 0 Å². The zero-order chi connectivity index (χ0) is 41.8. The first-order valence-corrected chi connectivity index (χ1v) is 29.4. The maximum atomic E-state index is 12.6. The van der Waals surface area contributed by atoms with Gasteiger partial charge >= 0.3 is 11.9 Å². The summed E-state index contributed by atoms with van der Waals surface area (Å²) in [5.74, 6) is 3.42. The monoisotopic (exact) mass is 879 g/mol. The van der Waals surface area contributed by atoms with Crippen LogP contribution in [0.2, 0.25) is 0 Å². The Morgan fingerprint density at radius 1 is 0.404 bits per heavy atom. The lowest BCUT2D eigenvalue weighted by Gasteiger charge is -2.28. The number of quaternary nitrogens is 1. The third kappa shape index (κ3) is 48.8. The van der Waals surface area contributed by atoms with E-state index >= 15 is 0 Å². The molecule has 0 N–H and O–H groups in total. The molecule has 0 radical (unpaired) electrons. The van der Waals surface area contributed by atoms with Crippen molar-refractivity contribution in [2.45, 2.75) is 238 Å². The minimum atomic E-state index is -0.416. The molecule has 0 aromatic carbocycles. The molecule has 57 heavy (non-hydrogen) atoms. The highest BCUT2D eigenvalue weighted by atomic mass is 33.1. The Morgan fingerprint density at radius 3 is 1.00 bits per heavy atom. The van der Waals surface area contributed by atoms with Crippen LogP contribution in [0.15, 0.2) is 0 Å². The summed E-state index contributed by atoms with van der Waals surface area (Å²) in [7, 11) is 13.5. The fraction of sp³-hybridized carbons (Fsp3) is 0.958. The predicted molar refractivity (Wildman–Crippen MR) is 262 cm³/mol.